The van der Waals surface area contributed by atoms with Crippen molar-refractivity contribution < 1.29 is 26.7 Å². The van der Waals surface area contributed by atoms with Crippen molar-refractivity contribution in [2.24, 2.45) is 0 Å². The molecule has 2 N–H and O–H groups in total. The van der Waals surface area contributed by atoms with Crippen molar-refractivity contribution >= 4 is 6.03 Å². The second-order valence-electron chi connectivity index (χ2n) is 4.78. The number of alkyl halides is 3. The Morgan fingerprint density at radius 3 is 2.42 bits per heavy atom. The zero-order valence-electron chi connectivity index (χ0n) is 12.1. The number of aromatic nitrogens is 2. The molecule has 0 aliphatic rings. The van der Waals surface area contributed by atoms with Gasteiger partial charge in [-0.25, -0.2) is 13.6 Å². The van der Waals surface area contributed by atoms with E-state index in [-0.39, 0.29) is 13.1 Å². The topological polar surface area (TPSA) is 59.0 Å². The number of hydrogen-bond donors (Lipinski definition) is 2. The van der Waals surface area contributed by atoms with Gasteiger partial charge < -0.3 is 10.6 Å². The van der Waals surface area contributed by atoms with E-state index in [0.29, 0.717) is 12.1 Å². The van der Waals surface area contributed by atoms with E-state index in [0.717, 1.165) is 6.07 Å². The lowest BCUT2D eigenvalue weighted by Gasteiger charge is -2.23. The second kappa shape index (κ2) is 7.28. The van der Waals surface area contributed by atoms with E-state index in [9.17, 15) is 26.7 Å². The first-order chi connectivity index (χ1) is 11.3. The van der Waals surface area contributed by atoms with Crippen LogP contribution in [0.25, 0.3) is 0 Å². The minimum Gasteiger partial charge on any atom is -0.336 e. The molecule has 2 aromatic rings. The van der Waals surface area contributed by atoms with Crippen molar-refractivity contribution in [3.63, 3.8) is 0 Å². The molecule has 0 fully saturated rings. The number of carbonyl (C=O) groups is 1. The highest BCUT2D eigenvalue weighted by Gasteiger charge is 2.44. The SMILES string of the molecule is O=C(NCCn1cccn1)N[C@@H](c1c(F)cccc1F)C(F)(F)F. The Hall–Kier alpha value is -2.65. The normalized spacial score (nSPS) is 12.7. The first kappa shape index (κ1) is 17.7. The van der Waals surface area contributed by atoms with Crippen LogP contribution in [-0.2, 0) is 6.54 Å². The Bertz CT molecular complexity index is 667. The molecule has 1 aromatic carbocycles. The van der Waals surface area contributed by atoms with Gasteiger partial charge in [0.2, 0.25) is 0 Å². The molecule has 0 saturated heterocycles. The van der Waals surface area contributed by atoms with E-state index in [1.54, 1.807) is 17.6 Å². The fraction of sp³-hybridized carbons (Fsp3) is 0.286. The molecular formula is C14H13F5N4O. The van der Waals surface area contributed by atoms with Gasteiger partial charge in [-0.05, 0) is 18.2 Å². The summed E-state index contributed by atoms with van der Waals surface area (Å²) in [7, 11) is 0. The molecule has 0 spiro atoms. The molecule has 130 valence electrons. The molecule has 10 heteroatoms. The molecule has 1 heterocycles. The molecule has 0 bridgehead atoms. The summed E-state index contributed by atoms with van der Waals surface area (Å²) in [6.07, 6.45) is -1.96. The highest BCUT2D eigenvalue weighted by molar-refractivity contribution is 5.74. The van der Waals surface area contributed by atoms with E-state index < -0.39 is 35.4 Å². The Kier molecular flexibility index (Phi) is 5.37. The van der Waals surface area contributed by atoms with Crippen LogP contribution in [0.15, 0.2) is 36.7 Å². The summed E-state index contributed by atoms with van der Waals surface area (Å²) in [6, 6.07) is -0.0504. The first-order valence-electron chi connectivity index (χ1n) is 6.81. The van der Waals surface area contributed by atoms with Crippen molar-refractivity contribution in [1.82, 2.24) is 20.4 Å². The lowest BCUT2D eigenvalue weighted by atomic mass is 10.1. The molecule has 2 rings (SSSR count). The average molecular weight is 348 g/mol. The number of carbonyl (C=O) groups excluding carboxylic acids is 1. The van der Waals surface area contributed by atoms with Crippen LogP contribution in [0.2, 0.25) is 0 Å². The molecule has 1 atom stereocenters. The quantitative estimate of drug-likeness (QED) is 0.817. The number of hydrogen-bond acceptors (Lipinski definition) is 2. The molecule has 5 nitrogen and oxygen atoms in total. The Balaban J connectivity index is 2.05. The van der Waals surface area contributed by atoms with Crippen LogP contribution >= 0.6 is 0 Å². The monoisotopic (exact) mass is 348 g/mol. The second-order valence-corrected chi connectivity index (χ2v) is 4.78. The van der Waals surface area contributed by atoms with E-state index in [4.69, 9.17) is 0 Å². The van der Waals surface area contributed by atoms with Gasteiger partial charge in [0.15, 0.2) is 6.04 Å². The number of halogens is 5. The number of amides is 2. The maximum Gasteiger partial charge on any atom is 0.413 e. The standard InChI is InChI=1S/C14H13F5N4O/c15-9-3-1-4-10(16)11(9)12(14(17,18)19)22-13(24)20-6-8-23-7-2-5-21-23/h1-5,7,12H,6,8H2,(H2,20,22,24)/t12-/m0/s1. The number of rotatable bonds is 5. The van der Waals surface area contributed by atoms with Crippen molar-refractivity contribution in [2.45, 2.75) is 18.8 Å². The van der Waals surface area contributed by atoms with E-state index >= 15 is 0 Å². The summed E-state index contributed by atoms with van der Waals surface area (Å²) in [4.78, 5) is 11.6. The summed E-state index contributed by atoms with van der Waals surface area (Å²) < 4.78 is 67.9. The van der Waals surface area contributed by atoms with Crippen molar-refractivity contribution in [1.29, 1.82) is 0 Å². The molecule has 0 radical (unpaired) electrons. The van der Waals surface area contributed by atoms with Crippen LogP contribution in [0.3, 0.4) is 0 Å². The zero-order chi connectivity index (χ0) is 17.7. The largest absolute Gasteiger partial charge is 0.413 e. The fourth-order valence-corrected chi connectivity index (χ4v) is 2.00. The maximum atomic E-state index is 13.6. The van der Waals surface area contributed by atoms with E-state index in [1.807, 2.05) is 0 Å². The Morgan fingerprint density at radius 1 is 1.21 bits per heavy atom. The molecular weight excluding hydrogens is 335 g/mol. The zero-order valence-corrected chi connectivity index (χ0v) is 12.1. The molecule has 0 saturated carbocycles. The van der Waals surface area contributed by atoms with Crippen LogP contribution < -0.4 is 10.6 Å². The highest BCUT2D eigenvalue weighted by atomic mass is 19.4. The predicted octanol–water partition coefficient (Wildman–Crippen LogP) is 2.76. The van der Waals surface area contributed by atoms with Gasteiger partial charge in [0.1, 0.15) is 11.6 Å². The van der Waals surface area contributed by atoms with Crippen LogP contribution in [0.5, 0.6) is 0 Å². The summed E-state index contributed by atoms with van der Waals surface area (Å²) in [5, 5.41) is 7.58. The van der Waals surface area contributed by atoms with E-state index in [2.05, 4.69) is 10.4 Å². The number of nitrogens with zero attached hydrogens (tertiary/aromatic N) is 2. The van der Waals surface area contributed by atoms with Crippen molar-refractivity contribution in [3.8, 4) is 0 Å². The molecule has 0 unspecified atom stereocenters. The molecule has 2 amide bonds. The Morgan fingerprint density at radius 2 is 1.88 bits per heavy atom. The van der Waals surface area contributed by atoms with Gasteiger partial charge in [0.05, 0.1) is 12.1 Å². The van der Waals surface area contributed by atoms with Crippen LogP contribution in [0.1, 0.15) is 11.6 Å². The van der Waals surface area contributed by atoms with Crippen molar-refractivity contribution in [2.75, 3.05) is 6.54 Å². The van der Waals surface area contributed by atoms with Gasteiger partial charge in [-0.15, -0.1) is 0 Å². The van der Waals surface area contributed by atoms with Crippen molar-refractivity contribution in [3.05, 3.63) is 53.9 Å². The van der Waals surface area contributed by atoms with E-state index in [1.165, 1.54) is 10.9 Å². The minimum atomic E-state index is -5.07. The van der Waals surface area contributed by atoms with Gasteiger partial charge in [0, 0.05) is 18.9 Å². The van der Waals surface area contributed by atoms with Gasteiger partial charge in [-0.3, -0.25) is 4.68 Å². The Labute approximate surface area is 133 Å². The number of benzene rings is 1. The molecule has 0 aliphatic heterocycles. The minimum absolute atomic E-state index is 0.0160. The van der Waals surface area contributed by atoms with Gasteiger partial charge in [-0.2, -0.15) is 18.3 Å². The third-order valence-corrected chi connectivity index (χ3v) is 3.08. The third-order valence-electron chi connectivity index (χ3n) is 3.08. The molecule has 24 heavy (non-hydrogen) atoms. The van der Waals surface area contributed by atoms with Crippen LogP contribution in [0, 0.1) is 11.6 Å². The first-order valence-corrected chi connectivity index (χ1v) is 6.81. The third kappa shape index (κ3) is 4.43. The highest BCUT2D eigenvalue weighted by Crippen LogP contribution is 2.35. The molecule has 0 aliphatic carbocycles. The number of nitrogens with one attached hydrogen (secondary N) is 2. The average Bonchev–Trinajstić information content (AvgIpc) is 2.98. The van der Waals surface area contributed by atoms with Crippen LogP contribution in [0.4, 0.5) is 26.7 Å². The summed E-state index contributed by atoms with van der Waals surface area (Å²) in [5.74, 6) is -2.79. The van der Waals surface area contributed by atoms with Gasteiger partial charge in [0.25, 0.3) is 0 Å². The number of urea groups is 1. The van der Waals surface area contributed by atoms with Gasteiger partial charge >= 0.3 is 12.2 Å². The summed E-state index contributed by atoms with van der Waals surface area (Å²) >= 11 is 0. The predicted molar refractivity (Wildman–Crippen MR) is 73.9 cm³/mol. The molecule has 1 aromatic heterocycles. The van der Waals surface area contributed by atoms with Crippen LogP contribution in [-0.4, -0.2) is 28.5 Å². The lowest BCUT2D eigenvalue weighted by Crippen LogP contribution is -2.45. The summed E-state index contributed by atoms with van der Waals surface area (Å²) in [6.45, 7) is 0.211. The maximum absolute atomic E-state index is 13.6. The fourth-order valence-electron chi connectivity index (χ4n) is 2.00. The lowest BCUT2D eigenvalue weighted by molar-refractivity contribution is -0.156. The smallest absolute Gasteiger partial charge is 0.336 e. The summed E-state index contributed by atoms with van der Waals surface area (Å²) in [5.41, 5.74) is -1.26. The van der Waals surface area contributed by atoms with Gasteiger partial charge in [-0.1, -0.05) is 6.07 Å².